The first kappa shape index (κ1) is 19.3. The van der Waals surface area contributed by atoms with Crippen LogP contribution < -0.4 is 9.47 Å². The summed E-state index contributed by atoms with van der Waals surface area (Å²) < 4.78 is 26.0. The molecule has 0 atom stereocenters. The Morgan fingerprint density at radius 1 is 1.19 bits per heavy atom. The van der Waals surface area contributed by atoms with Gasteiger partial charge < -0.3 is 9.47 Å². The fourth-order valence-corrected chi connectivity index (χ4v) is 2.82. The number of rotatable bonds is 9. The molecule has 0 spiro atoms. The first-order chi connectivity index (χ1) is 12.9. The number of aryl methyl sites for hydroxylation is 2. The third-order valence-electron chi connectivity index (χ3n) is 4.48. The quantitative estimate of drug-likeness (QED) is 0.436. The SMILES string of the molecule is C=C(C)CCCOc1c(C)cc(-c2nc(C)cc(OCC3CC3)n2)cc1F. The maximum atomic E-state index is 14.6. The third kappa shape index (κ3) is 5.52. The van der Waals surface area contributed by atoms with Gasteiger partial charge in [0.1, 0.15) is 0 Å². The molecule has 0 N–H and O–H groups in total. The van der Waals surface area contributed by atoms with Gasteiger partial charge in [-0.3, -0.25) is 0 Å². The van der Waals surface area contributed by atoms with Gasteiger partial charge in [0.05, 0.1) is 13.2 Å². The topological polar surface area (TPSA) is 44.2 Å². The fourth-order valence-electron chi connectivity index (χ4n) is 2.82. The minimum Gasteiger partial charge on any atom is -0.490 e. The van der Waals surface area contributed by atoms with E-state index in [0.717, 1.165) is 29.7 Å². The zero-order valence-corrected chi connectivity index (χ0v) is 16.3. The van der Waals surface area contributed by atoms with E-state index in [2.05, 4.69) is 16.5 Å². The molecule has 3 rings (SSSR count). The van der Waals surface area contributed by atoms with Crippen LogP contribution in [0.4, 0.5) is 4.39 Å². The average molecular weight is 370 g/mol. The lowest BCUT2D eigenvalue weighted by atomic mass is 10.1. The monoisotopic (exact) mass is 370 g/mol. The minimum atomic E-state index is -0.397. The minimum absolute atomic E-state index is 0.290. The highest BCUT2D eigenvalue weighted by molar-refractivity contribution is 5.59. The molecule has 0 radical (unpaired) electrons. The second kappa shape index (κ2) is 8.51. The van der Waals surface area contributed by atoms with E-state index in [9.17, 15) is 4.39 Å². The Morgan fingerprint density at radius 3 is 2.63 bits per heavy atom. The summed E-state index contributed by atoms with van der Waals surface area (Å²) in [6.07, 6.45) is 4.13. The standard InChI is InChI=1S/C22H27FN2O2/c1-14(2)6-5-9-26-21-15(3)10-18(12-19(21)23)22-24-16(4)11-20(25-22)27-13-17-7-8-17/h10-12,17H,1,5-9,13H2,2-4H3. The molecule has 4 nitrogen and oxygen atoms in total. The van der Waals surface area contributed by atoms with Gasteiger partial charge in [-0.2, -0.15) is 4.98 Å². The highest BCUT2D eigenvalue weighted by Gasteiger charge is 2.22. The van der Waals surface area contributed by atoms with Gasteiger partial charge in [-0.15, -0.1) is 6.58 Å². The van der Waals surface area contributed by atoms with Crippen molar-refractivity contribution in [3.63, 3.8) is 0 Å². The van der Waals surface area contributed by atoms with E-state index >= 15 is 0 Å². The third-order valence-corrected chi connectivity index (χ3v) is 4.48. The average Bonchev–Trinajstić information content (AvgIpc) is 3.42. The number of allylic oxidation sites excluding steroid dienone is 1. The molecular formula is C22H27FN2O2. The summed E-state index contributed by atoms with van der Waals surface area (Å²) in [6, 6.07) is 5.10. The van der Waals surface area contributed by atoms with Crippen molar-refractivity contribution in [2.24, 2.45) is 5.92 Å². The Hall–Kier alpha value is -2.43. The Labute approximate surface area is 160 Å². The summed E-state index contributed by atoms with van der Waals surface area (Å²) >= 11 is 0. The number of hydrogen-bond donors (Lipinski definition) is 0. The van der Waals surface area contributed by atoms with Gasteiger partial charge in [0.2, 0.25) is 5.88 Å². The summed E-state index contributed by atoms with van der Waals surface area (Å²) in [5, 5.41) is 0. The molecule has 1 heterocycles. The van der Waals surface area contributed by atoms with Gasteiger partial charge in [-0.05, 0) is 70.1 Å². The molecule has 1 aliphatic rings. The van der Waals surface area contributed by atoms with Crippen molar-refractivity contribution in [1.29, 1.82) is 0 Å². The highest BCUT2D eigenvalue weighted by Crippen LogP contribution is 2.31. The molecule has 27 heavy (non-hydrogen) atoms. The Kier molecular flexibility index (Phi) is 6.09. The lowest BCUT2D eigenvalue weighted by molar-refractivity contribution is 0.288. The van der Waals surface area contributed by atoms with E-state index < -0.39 is 5.82 Å². The molecular weight excluding hydrogens is 343 g/mol. The van der Waals surface area contributed by atoms with Crippen LogP contribution in [0.3, 0.4) is 0 Å². The van der Waals surface area contributed by atoms with Crippen molar-refractivity contribution in [2.45, 2.75) is 46.5 Å². The second-order valence-electron chi connectivity index (χ2n) is 7.44. The Bertz CT molecular complexity index is 808. The van der Waals surface area contributed by atoms with Crippen molar-refractivity contribution in [3.8, 4) is 23.0 Å². The van der Waals surface area contributed by atoms with Crippen LogP contribution in [-0.4, -0.2) is 23.2 Å². The molecule has 1 fully saturated rings. The van der Waals surface area contributed by atoms with Crippen LogP contribution in [0.5, 0.6) is 11.6 Å². The Morgan fingerprint density at radius 2 is 1.96 bits per heavy atom. The summed E-state index contributed by atoms with van der Waals surface area (Å²) in [5.41, 5.74) is 3.25. The first-order valence-electron chi connectivity index (χ1n) is 9.48. The van der Waals surface area contributed by atoms with Gasteiger partial charge in [-0.25, -0.2) is 9.37 Å². The summed E-state index contributed by atoms with van der Waals surface area (Å²) in [5.74, 6) is 1.55. The molecule has 1 aliphatic carbocycles. The van der Waals surface area contributed by atoms with Gasteiger partial charge in [-0.1, -0.05) is 5.57 Å². The van der Waals surface area contributed by atoms with Crippen molar-refractivity contribution >= 4 is 0 Å². The zero-order valence-electron chi connectivity index (χ0n) is 16.3. The van der Waals surface area contributed by atoms with Crippen LogP contribution in [0.1, 0.15) is 43.9 Å². The van der Waals surface area contributed by atoms with Crippen molar-refractivity contribution < 1.29 is 13.9 Å². The largest absolute Gasteiger partial charge is 0.490 e. The van der Waals surface area contributed by atoms with Gasteiger partial charge in [0.15, 0.2) is 17.4 Å². The number of nitrogens with zero attached hydrogens (tertiary/aromatic N) is 2. The number of ether oxygens (including phenoxy) is 2. The molecule has 1 aromatic carbocycles. The van der Waals surface area contributed by atoms with Gasteiger partial charge in [0.25, 0.3) is 0 Å². The molecule has 1 aromatic heterocycles. The van der Waals surface area contributed by atoms with Crippen LogP contribution in [-0.2, 0) is 0 Å². The van der Waals surface area contributed by atoms with E-state index in [0.29, 0.717) is 42.1 Å². The summed E-state index contributed by atoms with van der Waals surface area (Å²) in [7, 11) is 0. The summed E-state index contributed by atoms with van der Waals surface area (Å²) in [6.45, 7) is 10.7. The Balaban J connectivity index is 1.75. The number of hydrogen-bond acceptors (Lipinski definition) is 4. The van der Waals surface area contributed by atoms with Crippen LogP contribution in [0, 0.1) is 25.6 Å². The van der Waals surface area contributed by atoms with Crippen LogP contribution in [0.25, 0.3) is 11.4 Å². The molecule has 1 saturated carbocycles. The second-order valence-corrected chi connectivity index (χ2v) is 7.44. The van der Waals surface area contributed by atoms with Crippen molar-refractivity contribution in [1.82, 2.24) is 9.97 Å². The lowest BCUT2D eigenvalue weighted by Gasteiger charge is -2.13. The fraction of sp³-hybridized carbons (Fsp3) is 0.455. The maximum Gasteiger partial charge on any atom is 0.217 e. The normalized spacial score (nSPS) is 13.5. The molecule has 2 aromatic rings. The van der Waals surface area contributed by atoms with E-state index in [1.165, 1.54) is 18.9 Å². The van der Waals surface area contributed by atoms with Crippen LogP contribution >= 0.6 is 0 Å². The van der Waals surface area contributed by atoms with Gasteiger partial charge in [0, 0.05) is 17.3 Å². The van der Waals surface area contributed by atoms with E-state index in [1.54, 1.807) is 0 Å². The molecule has 0 unspecified atom stereocenters. The lowest BCUT2D eigenvalue weighted by Crippen LogP contribution is -2.04. The van der Waals surface area contributed by atoms with E-state index in [-0.39, 0.29) is 0 Å². The van der Waals surface area contributed by atoms with Crippen molar-refractivity contribution in [2.75, 3.05) is 13.2 Å². The molecule has 5 heteroatoms. The predicted molar refractivity (Wildman–Crippen MR) is 105 cm³/mol. The van der Waals surface area contributed by atoms with Crippen LogP contribution in [0.2, 0.25) is 0 Å². The number of halogens is 1. The van der Waals surface area contributed by atoms with Gasteiger partial charge >= 0.3 is 0 Å². The van der Waals surface area contributed by atoms with E-state index in [1.807, 2.05) is 32.9 Å². The van der Waals surface area contributed by atoms with Crippen molar-refractivity contribution in [3.05, 3.63) is 47.4 Å². The molecule has 0 aliphatic heterocycles. The number of aromatic nitrogens is 2. The molecule has 0 saturated heterocycles. The maximum absolute atomic E-state index is 14.6. The highest BCUT2D eigenvalue weighted by atomic mass is 19.1. The molecule has 0 amide bonds. The zero-order chi connectivity index (χ0) is 19.4. The van der Waals surface area contributed by atoms with Crippen LogP contribution in [0.15, 0.2) is 30.4 Å². The predicted octanol–water partition coefficient (Wildman–Crippen LogP) is 5.42. The first-order valence-corrected chi connectivity index (χ1v) is 9.48. The molecule has 0 bridgehead atoms. The van der Waals surface area contributed by atoms with E-state index in [4.69, 9.17) is 9.47 Å². The molecule has 144 valence electrons. The summed E-state index contributed by atoms with van der Waals surface area (Å²) in [4.78, 5) is 8.90. The number of benzene rings is 1. The smallest absolute Gasteiger partial charge is 0.217 e.